The van der Waals surface area contributed by atoms with E-state index in [9.17, 15) is 4.79 Å². The molecule has 0 aromatic carbocycles. The number of hydrogen-bond acceptors (Lipinski definition) is 3. The zero-order valence-electron chi connectivity index (χ0n) is 12.2. The average molecular weight is 255 g/mol. The van der Waals surface area contributed by atoms with Crippen molar-refractivity contribution in [3.8, 4) is 0 Å². The maximum atomic E-state index is 12.4. The number of hydrogen-bond donors (Lipinski definition) is 1. The highest BCUT2D eigenvalue weighted by molar-refractivity contribution is 5.81. The Morgan fingerprint density at radius 2 is 2.00 bits per heavy atom. The zero-order chi connectivity index (χ0) is 13.4. The summed E-state index contributed by atoms with van der Waals surface area (Å²) in [6.45, 7) is 5.81. The molecule has 1 amide bonds. The summed E-state index contributed by atoms with van der Waals surface area (Å²) in [5.41, 5.74) is 0. The fourth-order valence-electron chi connectivity index (χ4n) is 2.46. The van der Waals surface area contributed by atoms with Gasteiger partial charge in [0.15, 0.2) is 0 Å². The van der Waals surface area contributed by atoms with Crippen LogP contribution in [0, 0.1) is 0 Å². The number of amides is 1. The van der Waals surface area contributed by atoms with Gasteiger partial charge in [0.1, 0.15) is 0 Å². The van der Waals surface area contributed by atoms with E-state index >= 15 is 0 Å². The van der Waals surface area contributed by atoms with Crippen molar-refractivity contribution in [1.82, 2.24) is 15.1 Å². The molecule has 1 heterocycles. The van der Waals surface area contributed by atoms with Crippen LogP contribution in [0.3, 0.4) is 0 Å². The van der Waals surface area contributed by atoms with Gasteiger partial charge in [-0.05, 0) is 53.4 Å². The lowest BCUT2D eigenvalue weighted by Gasteiger charge is -2.26. The average Bonchev–Trinajstić information content (AvgIpc) is 2.62. The summed E-state index contributed by atoms with van der Waals surface area (Å²) in [6, 6.07) is 0.0619. The molecule has 1 atom stereocenters. The molecule has 0 bridgehead atoms. The van der Waals surface area contributed by atoms with Crippen molar-refractivity contribution in [3.05, 3.63) is 0 Å². The van der Waals surface area contributed by atoms with E-state index in [-0.39, 0.29) is 6.04 Å². The Balaban J connectivity index is 2.39. The van der Waals surface area contributed by atoms with Crippen LogP contribution < -0.4 is 5.32 Å². The fourth-order valence-corrected chi connectivity index (χ4v) is 2.46. The molecule has 106 valence electrons. The van der Waals surface area contributed by atoms with E-state index < -0.39 is 0 Å². The van der Waals surface area contributed by atoms with Gasteiger partial charge in [-0.1, -0.05) is 12.8 Å². The topological polar surface area (TPSA) is 35.6 Å². The summed E-state index contributed by atoms with van der Waals surface area (Å²) >= 11 is 0. The predicted molar refractivity (Wildman–Crippen MR) is 75.7 cm³/mol. The maximum absolute atomic E-state index is 12.4. The highest BCUT2D eigenvalue weighted by atomic mass is 16.2. The maximum Gasteiger partial charge on any atom is 0.239 e. The van der Waals surface area contributed by atoms with E-state index in [0.717, 1.165) is 39.0 Å². The van der Waals surface area contributed by atoms with Crippen molar-refractivity contribution < 1.29 is 4.79 Å². The second-order valence-electron chi connectivity index (χ2n) is 5.43. The van der Waals surface area contributed by atoms with E-state index in [4.69, 9.17) is 0 Å². The first-order chi connectivity index (χ1) is 8.65. The summed E-state index contributed by atoms with van der Waals surface area (Å²) in [5, 5.41) is 3.39. The Hall–Kier alpha value is -0.610. The molecule has 1 aliphatic heterocycles. The first-order valence-electron chi connectivity index (χ1n) is 7.32. The van der Waals surface area contributed by atoms with Crippen molar-refractivity contribution in [1.29, 1.82) is 0 Å². The molecule has 0 radical (unpaired) electrons. The van der Waals surface area contributed by atoms with Crippen LogP contribution in [0.5, 0.6) is 0 Å². The van der Waals surface area contributed by atoms with Crippen LogP contribution in [-0.4, -0.2) is 62.0 Å². The number of rotatable bonds is 6. The monoisotopic (exact) mass is 255 g/mol. The highest BCUT2D eigenvalue weighted by Crippen LogP contribution is 2.11. The molecule has 0 spiro atoms. The molecule has 1 aliphatic rings. The van der Waals surface area contributed by atoms with Gasteiger partial charge in [-0.15, -0.1) is 0 Å². The van der Waals surface area contributed by atoms with Gasteiger partial charge in [-0.25, -0.2) is 0 Å². The fraction of sp³-hybridized carbons (Fsp3) is 0.929. The quantitative estimate of drug-likeness (QED) is 0.777. The molecule has 1 saturated heterocycles. The van der Waals surface area contributed by atoms with Crippen LogP contribution in [0.2, 0.25) is 0 Å². The van der Waals surface area contributed by atoms with Crippen LogP contribution in [0.4, 0.5) is 0 Å². The summed E-state index contributed by atoms with van der Waals surface area (Å²) in [6.07, 6.45) is 5.70. The van der Waals surface area contributed by atoms with E-state index in [0.29, 0.717) is 5.91 Å². The van der Waals surface area contributed by atoms with Crippen LogP contribution in [0.1, 0.15) is 39.0 Å². The molecule has 1 fully saturated rings. The number of likely N-dealkylation sites (N-methyl/N-ethyl adjacent to an activating group) is 1. The van der Waals surface area contributed by atoms with Gasteiger partial charge in [0.2, 0.25) is 5.91 Å². The van der Waals surface area contributed by atoms with E-state index in [1.807, 2.05) is 4.90 Å². The molecule has 1 unspecified atom stereocenters. The van der Waals surface area contributed by atoms with Crippen molar-refractivity contribution in [2.75, 3.05) is 40.3 Å². The molecular formula is C14H29N3O. The minimum Gasteiger partial charge on any atom is -0.342 e. The standard InChI is InChI=1S/C14H29N3O/c1-4-17(12-8-11-16(2)3)14(18)13-9-6-5-7-10-15-13/h13,15H,4-12H2,1-3H3. The zero-order valence-corrected chi connectivity index (χ0v) is 12.2. The largest absolute Gasteiger partial charge is 0.342 e. The van der Waals surface area contributed by atoms with Gasteiger partial charge in [0, 0.05) is 13.1 Å². The number of nitrogens with zero attached hydrogens (tertiary/aromatic N) is 2. The lowest BCUT2D eigenvalue weighted by Crippen LogP contribution is -2.46. The number of carbonyl (C=O) groups excluding carboxylic acids is 1. The minimum absolute atomic E-state index is 0.0619. The van der Waals surface area contributed by atoms with Gasteiger partial charge in [-0.2, -0.15) is 0 Å². The molecule has 1 rings (SSSR count). The van der Waals surface area contributed by atoms with Crippen LogP contribution in [0.15, 0.2) is 0 Å². The molecule has 0 saturated carbocycles. The Labute approximate surface area is 112 Å². The van der Waals surface area contributed by atoms with Crippen LogP contribution in [-0.2, 0) is 4.79 Å². The number of carbonyl (C=O) groups is 1. The lowest BCUT2D eigenvalue weighted by molar-refractivity contribution is -0.133. The lowest BCUT2D eigenvalue weighted by atomic mass is 10.1. The van der Waals surface area contributed by atoms with Gasteiger partial charge in [-0.3, -0.25) is 4.79 Å². The van der Waals surface area contributed by atoms with E-state index in [1.165, 1.54) is 19.3 Å². The highest BCUT2D eigenvalue weighted by Gasteiger charge is 2.23. The van der Waals surface area contributed by atoms with E-state index in [2.05, 4.69) is 31.2 Å². The first-order valence-corrected chi connectivity index (χ1v) is 7.32. The van der Waals surface area contributed by atoms with Gasteiger partial charge < -0.3 is 15.1 Å². The SMILES string of the molecule is CCN(CCCN(C)C)C(=O)C1CCCCCN1. The molecule has 4 nitrogen and oxygen atoms in total. The second kappa shape index (κ2) is 8.48. The van der Waals surface area contributed by atoms with Gasteiger partial charge >= 0.3 is 0 Å². The summed E-state index contributed by atoms with van der Waals surface area (Å²) in [4.78, 5) is 16.6. The van der Waals surface area contributed by atoms with Crippen LogP contribution in [0.25, 0.3) is 0 Å². The summed E-state index contributed by atoms with van der Waals surface area (Å²) < 4.78 is 0. The van der Waals surface area contributed by atoms with Crippen molar-refractivity contribution in [2.24, 2.45) is 0 Å². The van der Waals surface area contributed by atoms with Crippen LogP contribution >= 0.6 is 0 Å². The summed E-state index contributed by atoms with van der Waals surface area (Å²) in [7, 11) is 4.15. The molecular weight excluding hydrogens is 226 g/mol. The Kier molecular flexibility index (Phi) is 7.28. The molecule has 0 aliphatic carbocycles. The second-order valence-corrected chi connectivity index (χ2v) is 5.43. The Morgan fingerprint density at radius 3 is 2.67 bits per heavy atom. The number of nitrogens with one attached hydrogen (secondary N) is 1. The third-order valence-corrected chi connectivity index (χ3v) is 3.59. The van der Waals surface area contributed by atoms with Gasteiger partial charge in [0.25, 0.3) is 0 Å². The smallest absolute Gasteiger partial charge is 0.239 e. The normalized spacial score (nSPS) is 20.8. The molecule has 0 aromatic heterocycles. The molecule has 1 N–H and O–H groups in total. The third kappa shape index (κ3) is 5.36. The molecule has 18 heavy (non-hydrogen) atoms. The van der Waals surface area contributed by atoms with Gasteiger partial charge in [0.05, 0.1) is 6.04 Å². The molecule has 4 heteroatoms. The predicted octanol–water partition coefficient (Wildman–Crippen LogP) is 1.32. The summed E-state index contributed by atoms with van der Waals surface area (Å²) in [5.74, 6) is 0.304. The minimum atomic E-state index is 0.0619. The van der Waals surface area contributed by atoms with E-state index in [1.54, 1.807) is 0 Å². The third-order valence-electron chi connectivity index (χ3n) is 3.59. The molecule has 0 aromatic rings. The van der Waals surface area contributed by atoms with Crippen molar-refractivity contribution in [2.45, 2.75) is 45.1 Å². The Bertz CT molecular complexity index is 235. The first kappa shape index (κ1) is 15.4. The Morgan fingerprint density at radius 1 is 1.22 bits per heavy atom. The van der Waals surface area contributed by atoms with Crippen molar-refractivity contribution >= 4 is 5.91 Å². The van der Waals surface area contributed by atoms with Crippen molar-refractivity contribution in [3.63, 3.8) is 0 Å².